The van der Waals surface area contributed by atoms with Gasteiger partial charge in [-0.2, -0.15) is 0 Å². The summed E-state index contributed by atoms with van der Waals surface area (Å²) in [4.78, 5) is 29.2. The fraction of sp³-hybridized carbons (Fsp3) is 0.429. The molecule has 2 unspecified atom stereocenters. The minimum Gasteiger partial charge on any atom is -0.404 e. The number of rotatable bonds is 13. The molecule has 3 rings (SSSR count). The van der Waals surface area contributed by atoms with E-state index in [9.17, 15) is 9.59 Å². The van der Waals surface area contributed by atoms with E-state index in [-0.39, 0.29) is 11.8 Å². The van der Waals surface area contributed by atoms with Crippen molar-refractivity contribution >= 4 is 17.4 Å². The number of amides is 2. The lowest BCUT2D eigenvalue weighted by Crippen LogP contribution is -2.54. The third-order valence-electron chi connectivity index (χ3n) is 6.25. The topological polar surface area (TPSA) is 103 Å². The summed E-state index contributed by atoms with van der Waals surface area (Å²) in [5.74, 6) is -1.01. The number of ether oxygens (including phenoxy) is 3. The second kappa shape index (κ2) is 13.8. The quantitative estimate of drug-likeness (QED) is 0.414. The first kappa shape index (κ1) is 27.4. The summed E-state index contributed by atoms with van der Waals surface area (Å²) in [5.41, 5.74) is 8.91. The minimum atomic E-state index is -0.664. The van der Waals surface area contributed by atoms with Gasteiger partial charge < -0.3 is 30.2 Å². The summed E-state index contributed by atoms with van der Waals surface area (Å²) < 4.78 is 16.5. The number of methoxy groups -OCH3 is 1. The molecule has 3 N–H and O–H groups in total. The third-order valence-corrected chi connectivity index (χ3v) is 6.25. The normalized spacial score (nSPS) is 17.8. The Morgan fingerprint density at radius 3 is 2.39 bits per heavy atom. The van der Waals surface area contributed by atoms with E-state index in [1.54, 1.807) is 18.1 Å². The van der Waals surface area contributed by atoms with E-state index in [0.717, 1.165) is 5.56 Å². The highest BCUT2D eigenvalue weighted by atomic mass is 16.7. The smallest absolute Gasteiger partial charge is 0.254 e. The molecule has 2 aromatic rings. The molecular formula is C28H37N3O5. The summed E-state index contributed by atoms with van der Waals surface area (Å²) in [6.45, 7) is 5.88. The van der Waals surface area contributed by atoms with Crippen LogP contribution in [-0.2, 0) is 19.0 Å². The van der Waals surface area contributed by atoms with Crippen molar-refractivity contribution in [3.8, 4) is 0 Å². The van der Waals surface area contributed by atoms with Gasteiger partial charge in [0.05, 0.1) is 18.6 Å². The van der Waals surface area contributed by atoms with Crippen molar-refractivity contribution in [2.75, 3.05) is 40.0 Å². The van der Waals surface area contributed by atoms with Crippen molar-refractivity contribution in [3.05, 3.63) is 77.5 Å². The van der Waals surface area contributed by atoms with Gasteiger partial charge in [-0.05, 0) is 42.8 Å². The van der Waals surface area contributed by atoms with E-state index in [2.05, 4.69) is 5.32 Å². The molecular weight excluding hydrogens is 458 g/mol. The Labute approximate surface area is 213 Å². The number of nitrogens with zero attached hydrogens (tertiary/aromatic N) is 1. The Kier molecular flexibility index (Phi) is 10.5. The van der Waals surface area contributed by atoms with E-state index in [0.29, 0.717) is 56.0 Å². The summed E-state index contributed by atoms with van der Waals surface area (Å²) in [6.07, 6.45) is 1.62. The Morgan fingerprint density at radius 2 is 1.75 bits per heavy atom. The first-order valence-corrected chi connectivity index (χ1v) is 12.4. The SMILES string of the molecule is CCOC(CCNC(=O)C1c2ccccc2C(=O)N(CCOC)C1/C(=C/N)c1ccccc1)OCC. The van der Waals surface area contributed by atoms with Gasteiger partial charge in [-0.25, -0.2) is 0 Å². The lowest BCUT2D eigenvalue weighted by atomic mass is 9.77. The molecule has 0 fully saturated rings. The molecule has 0 spiro atoms. The molecule has 36 heavy (non-hydrogen) atoms. The first-order chi connectivity index (χ1) is 17.6. The summed E-state index contributed by atoms with van der Waals surface area (Å²) in [6, 6.07) is 16.3. The Bertz CT molecular complexity index is 1020. The summed E-state index contributed by atoms with van der Waals surface area (Å²) in [7, 11) is 1.59. The maximum atomic E-state index is 13.8. The van der Waals surface area contributed by atoms with Crippen LogP contribution in [0.15, 0.2) is 60.8 Å². The van der Waals surface area contributed by atoms with Crippen LogP contribution in [0.1, 0.15) is 47.7 Å². The standard InChI is InChI=1S/C28H37N3O5/c1-4-35-24(36-5-2)15-16-30-27(32)25-21-13-9-10-14-22(21)28(33)31(17-18-34-3)26(25)23(19-29)20-11-7-6-8-12-20/h6-14,19,24-26H,4-5,15-18,29H2,1-3H3,(H,30,32)/b23-19+. The van der Waals surface area contributed by atoms with Gasteiger partial charge in [-0.1, -0.05) is 48.5 Å². The van der Waals surface area contributed by atoms with Gasteiger partial charge in [0.1, 0.15) is 0 Å². The van der Waals surface area contributed by atoms with Gasteiger partial charge in [-0.15, -0.1) is 0 Å². The van der Waals surface area contributed by atoms with Crippen molar-refractivity contribution in [2.45, 2.75) is 38.5 Å². The van der Waals surface area contributed by atoms with Crippen molar-refractivity contribution in [3.63, 3.8) is 0 Å². The van der Waals surface area contributed by atoms with Gasteiger partial charge in [0.15, 0.2) is 6.29 Å². The number of hydrogen-bond acceptors (Lipinski definition) is 6. The summed E-state index contributed by atoms with van der Waals surface area (Å²) >= 11 is 0. The molecule has 1 heterocycles. The largest absolute Gasteiger partial charge is 0.404 e. The zero-order valence-electron chi connectivity index (χ0n) is 21.3. The molecule has 1 aliphatic rings. The Morgan fingerprint density at radius 1 is 1.08 bits per heavy atom. The third kappa shape index (κ3) is 6.32. The average Bonchev–Trinajstić information content (AvgIpc) is 2.90. The van der Waals surface area contributed by atoms with Crippen molar-refractivity contribution in [1.29, 1.82) is 0 Å². The van der Waals surface area contributed by atoms with Gasteiger partial charge in [-0.3, -0.25) is 9.59 Å². The van der Waals surface area contributed by atoms with E-state index in [4.69, 9.17) is 19.9 Å². The summed E-state index contributed by atoms with van der Waals surface area (Å²) in [5, 5.41) is 3.06. The fourth-order valence-corrected chi connectivity index (χ4v) is 4.66. The fourth-order valence-electron chi connectivity index (χ4n) is 4.66. The molecule has 2 amide bonds. The van der Waals surface area contributed by atoms with Crippen LogP contribution in [-0.4, -0.2) is 69.1 Å². The molecule has 1 aliphatic heterocycles. The van der Waals surface area contributed by atoms with Crippen LogP contribution in [0.5, 0.6) is 0 Å². The molecule has 0 bridgehead atoms. The van der Waals surface area contributed by atoms with Gasteiger partial charge in [0.2, 0.25) is 5.91 Å². The molecule has 0 aromatic heterocycles. The van der Waals surface area contributed by atoms with E-state index < -0.39 is 18.2 Å². The molecule has 194 valence electrons. The van der Waals surface area contributed by atoms with Gasteiger partial charge in [0.25, 0.3) is 5.91 Å². The van der Waals surface area contributed by atoms with Crippen molar-refractivity contribution in [1.82, 2.24) is 10.2 Å². The second-order valence-corrected chi connectivity index (χ2v) is 8.41. The predicted molar refractivity (Wildman–Crippen MR) is 139 cm³/mol. The van der Waals surface area contributed by atoms with Crippen LogP contribution < -0.4 is 11.1 Å². The molecule has 0 saturated heterocycles. The number of benzene rings is 2. The zero-order valence-corrected chi connectivity index (χ0v) is 21.3. The molecule has 8 heteroatoms. The van der Waals surface area contributed by atoms with Crippen LogP contribution in [0.25, 0.3) is 5.57 Å². The molecule has 0 radical (unpaired) electrons. The van der Waals surface area contributed by atoms with E-state index >= 15 is 0 Å². The highest BCUT2D eigenvalue weighted by Gasteiger charge is 2.45. The number of nitrogens with one attached hydrogen (secondary N) is 1. The lowest BCUT2D eigenvalue weighted by Gasteiger charge is -2.42. The molecule has 8 nitrogen and oxygen atoms in total. The van der Waals surface area contributed by atoms with E-state index in [1.807, 2.05) is 62.4 Å². The second-order valence-electron chi connectivity index (χ2n) is 8.41. The van der Waals surface area contributed by atoms with Crippen LogP contribution in [0.4, 0.5) is 0 Å². The molecule has 0 aliphatic carbocycles. The predicted octanol–water partition coefficient (Wildman–Crippen LogP) is 3.15. The maximum Gasteiger partial charge on any atom is 0.254 e. The van der Waals surface area contributed by atoms with Gasteiger partial charge in [0, 0.05) is 45.4 Å². The average molecular weight is 496 g/mol. The lowest BCUT2D eigenvalue weighted by molar-refractivity contribution is -0.140. The minimum absolute atomic E-state index is 0.153. The highest BCUT2D eigenvalue weighted by Crippen LogP contribution is 2.40. The number of nitrogens with two attached hydrogens (primary N) is 1. The number of carbonyl (C=O) groups is 2. The van der Waals surface area contributed by atoms with Crippen LogP contribution in [0.2, 0.25) is 0 Å². The van der Waals surface area contributed by atoms with Crippen LogP contribution in [0.3, 0.4) is 0 Å². The number of fused-ring (bicyclic) bond motifs is 1. The zero-order chi connectivity index (χ0) is 25.9. The van der Waals surface area contributed by atoms with Crippen LogP contribution >= 0.6 is 0 Å². The maximum absolute atomic E-state index is 13.8. The van der Waals surface area contributed by atoms with Crippen molar-refractivity contribution < 1.29 is 23.8 Å². The monoisotopic (exact) mass is 495 g/mol. The Balaban J connectivity index is 2.00. The van der Waals surface area contributed by atoms with Crippen LogP contribution in [0, 0.1) is 0 Å². The van der Waals surface area contributed by atoms with E-state index in [1.165, 1.54) is 6.20 Å². The van der Waals surface area contributed by atoms with Crippen molar-refractivity contribution in [2.24, 2.45) is 5.73 Å². The van der Waals surface area contributed by atoms with Gasteiger partial charge >= 0.3 is 0 Å². The number of carbonyl (C=O) groups excluding carboxylic acids is 2. The molecule has 2 atom stereocenters. The molecule has 0 saturated carbocycles. The highest BCUT2D eigenvalue weighted by molar-refractivity contribution is 6.03. The first-order valence-electron chi connectivity index (χ1n) is 12.4. The Hall–Kier alpha value is -3.20. The molecule has 2 aromatic carbocycles. The number of hydrogen-bond donors (Lipinski definition) is 2.